The van der Waals surface area contributed by atoms with Crippen LogP contribution in [-0.2, 0) is 0 Å². The number of halogens is 1. The van der Waals surface area contributed by atoms with Crippen LogP contribution in [0.15, 0.2) is 18.2 Å². The third-order valence-corrected chi connectivity index (χ3v) is 3.08. The molecule has 0 amide bonds. The normalized spacial score (nSPS) is 10.6. The van der Waals surface area contributed by atoms with Crippen molar-refractivity contribution in [3.63, 3.8) is 0 Å². The fourth-order valence-corrected chi connectivity index (χ4v) is 1.74. The van der Waals surface area contributed by atoms with Gasteiger partial charge < -0.3 is 5.73 Å². The Labute approximate surface area is 99.5 Å². The first-order chi connectivity index (χ1) is 8.02. The second kappa shape index (κ2) is 4.13. The molecule has 17 heavy (non-hydrogen) atoms. The van der Waals surface area contributed by atoms with Crippen LogP contribution in [0, 0.1) is 26.6 Å². The summed E-state index contributed by atoms with van der Waals surface area (Å²) in [7, 11) is 0. The Bertz CT molecular complexity index is 579. The van der Waals surface area contributed by atoms with Gasteiger partial charge in [-0.3, -0.25) is 0 Å². The van der Waals surface area contributed by atoms with E-state index in [2.05, 4.69) is 10.2 Å². The van der Waals surface area contributed by atoms with Crippen LogP contribution < -0.4 is 5.73 Å². The first-order valence-corrected chi connectivity index (χ1v) is 5.37. The zero-order chi connectivity index (χ0) is 12.6. The van der Waals surface area contributed by atoms with Gasteiger partial charge in [-0.05, 0) is 43.5 Å². The highest BCUT2D eigenvalue weighted by Gasteiger charge is 2.13. The molecule has 2 aromatic rings. The molecule has 0 unspecified atom stereocenters. The van der Waals surface area contributed by atoms with Crippen molar-refractivity contribution in [2.24, 2.45) is 0 Å². The van der Waals surface area contributed by atoms with Crippen molar-refractivity contribution in [3.05, 3.63) is 40.7 Å². The summed E-state index contributed by atoms with van der Waals surface area (Å²) in [5.41, 5.74) is 9.54. The minimum absolute atomic E-state index is 0.238. The lowest BCUT2D eigenvalue weighted by Gasteiger charge is -2.11. The first kappa shape index (κ1) is 11.5. The molecular formula is C13H14FN3. The van der Waals surface area contributed by atoms with Crippen molar-refractivity contribution in [2.75, 3.05) is 5.73 Å². The zero-order valence-electron chi connectivity index (χ0n) is 10.1. The molecule has 0 radical (unpaired) electrons. The third-order valence-electron chi connectivity index (χ3n) is 3.08. The summed E-state index contributed by atoms with van der Waals surface area (Å²) in [6, 6.07) is 4.95. The quantitative estimate of drug-likeness (QED) is 0.821. The van der Waals surface area contributed by atoms with Crippen LogP contribution >= 0.6 is 0 Å². The van der Waals surface area contributed by atoms with Crippen molar-refractivity contribution in [1.29, 1.82) is 0 Å². The summed E-state index contributed by atoms with van der Waals surface area (Å²) < 4.78 is 13.5. The molecule has 2 rings (SSSR count). The van der Waals surface area contributed by atoms with Gasteiger partial charge in [-0.15, -0.1) is 10.2 Å². The van der Waals surface area contributed by atoms with Crippen molar-refractivity contribution in [3.8, 4) is 11.3 Å². The Morgan fingerprint density at radius 2 is 1.71 bits per heavy atom. The highest BCUT2D eigenvalue weighted by molar-refractivity contribution is 5.68. The molecule has 0 spiro atoms. The fourth-order valence-electron chi connectivity index (χ4n) is 1.74. The Morgan fingerprint density at radius 3 is 2.41 bits per heavy atom. The van der Waals surface area contributed by atoms with Gasteiger partial charge in [-0.1, -0.05) is 12.1 Å². The van der Waals surface area contributed by atoms with E-state index in [0.29, 0.717) is 17.1 Å². The summed E-state index contributed by atoms with van der Waals surface area (Å²) in [6.07, 6.45) is 0. The second-order valence-electron chi connectivity index (χ2n) is 4.10. The number of rotatable bonds is 1. The van der Waals surface area contributed by atoms with Crippen LogP contribution in [0.4, 0.5) is 10.2 Å². The van der Waals surface area contributed by atoms with Gasteiger partial charge in [0.25, 0.3) is 0 Å². The van der Waals surface area contributed by atoms with Crippen LogP contribution in [0.5, 0.6) is 0 Å². The molecule has 1 aromatic carbocycles. The number of nitrogens with two attached hydrogens (primary N) is 1. The van der Waals surface area contributed by atoms with E-state index in [1.54, 1.807) is 13.0 Å². The number of anilines is 1. The number of benzene rings is 1. The summed E-state index contributed by atoms with van der Waals surface area (Å²) in [5.74, 6) is 0.179. The monoisotopic (exact) mass is 231 g/mol. The maximum atomic E-state index is 13.5. The van der Waals surface area contributed by atoms with Crippen LogP contribution in [0.2, 0.25) is 0 Å². The molecular weight excluding hydrogens is 217 g/mol. The summed E-state index contributed by atoms with van der Waals surface area (Å²) in [6.45, 7) is 5.54. The predicted octanol–water partition coefficient (Wildman–Crippen LogP) is 2.79. The van der Waals surface area contributed by atoms with E-state index in [0.717, 1.165) is 16.7 Å². The summed E-state index contributed by atoms with van der Waals surface area (Å²) >= 11 is 0. The minimum atomic E-state index is -0.238. The van der Waals surface area contributed by atoms with E-state index in [4.69, 9.17) is 5.73 Å². The number of aromatic nitrogens is 2. The SMILES string of the molecule is Cc1c(F)cccc1-c1nnc(N)c(C)c1C. The molecule has 2 N–H and O–H groups in total. The summed E-state index contributed by atoms with van der Waals surface area (Å²) in [5, 5.41) is 7.96. The topological polar surface area (TPSA) is 51.8 Å². The second-order valence-corrected chi connectivity index (χ2v) is 4.10. The number of hydrogen-bond donors (Lipinski definition) is 1. The largest absolute Gasteiger partial charge is 0.382 e. The maximum Gasteiger partial charge on any atom is 0.149 e. The molecule has 0 atom stereocenters. The van der Waals surface area contributed by atoms with E-state index in [-0.39, 0.29) is 5.82 Å². The van der Waals surface area contributed by atoms with Gasteiger partial charge in [-0.25, -0.2) is 4.39 Å². The van der Waals surface area contributed by atoms with E-state index < -0.39 is 0 Å². The molecule has 0 aliphatic heterocycles. The third kappa shape index (κ3) is 1.86. The zero-order valence-corrected chi connectivity index (χ0v) is 10.1. The molecule has 1 aromatic heterocycles. The highest BCUT2D eigenvalue weighted by atomic mass is 19.1. The molecule has 0 aliphatic rings. The van der Waals surface area contributed by atoms with Gasteiger partial charge in [0.1, 0.15) is 11.6 Å². The summed E-state index contributed by atoms with van der Waals surface area (Å²) in [4.78, 5) is 0. The molecule has 1 heterocycles. The Balaban J connectivity index is 2.69. The van der Waals surface area contributed by atoms with Crippen LogP contribution in [0.25, 0.3) is 11.3 Å². The maximum absolute atomic E-state index is 13.5. The van der Waals surface area contributed by atoms with E-state index in [9.17, 15) is 4.39 Å². The van der Waals surface area contributed by atoms with Crippen LogP contribution in [-0.4, -0.2) is 10.2 Å². The van der Waals surface area contributed by atoms with Gasteiger partial charge in [0.15, 0.2) is 0 Å². The molecule has 3 nitrogen and oxygen atoms in total. The minimum Gasteiger partial charge on any atom is -0.382 e. The van der Waals surface area contributed by atoms with Gasteiger partial charge in [0, 0.05) is 5.56 Å². The highest BCUT2D eigenvalue weighted by Crippen LogP contribution is 2.28. The van der Waals surface area contributed by atoms with Gasteiger partial charge >= 0.3 is 0 Å². The number of nitrogens with zero attached hydrogens (tertiary/aromatic N) is 2. The standard InChI is InChI=1S/C13H14FN3/c1-7-8(2)13(15)17-16-12(7)10-5-4-6-11(14)9(10)3/h4-6H,1-3H3,(H2,15,17). The van der Waals surface area contributed by atoms with Crippen molar-refractivity contribution in [1.82, 2.24) is 10.2 Å². The van der Waals surface area contributed by atoms with Crippen molar-refractivity contribution >= 4 is 5.82 Å². The van der Waals surface area contributed by atoms with E-state index in [1.165, 1.54) is 6.07 Å². The van der Waals surface area contributed by atoms with Gasteiger partial charge in [0.2, 0.25) is 0 Å². The number of nitrogen functional groups attached to an aromatic ring is 1. The van der Waals surface area contributed by atoms with Crippen molar-refractivity contribution in [2.45, 2.75) is 20.8 Å². The molecule has 4 heteroatoms. The fraction of sp³-hybridized carbons (Fsp3) is 0.231. The Morgan fingerprint density at radius 1 is 1.00 bits per heavy atom. The average molecular weight is 231 g/mol. The van der Waals surface area contributed by atoms with E-state index >= 15 is 0 Å². The molecule has 0 saturated heterocycles. The Kier molecular flexibility index (Phi) is 2.79. The van der Waals surface area contributed by atoms with Gasteiger partial charge in [-0.2, -0.15) is 0 Å². The van der Waals surface area contributed by atoms with Crippen LogP contribution in [0.1, 0.15) is 16.7 Å². The molecule has 0 bridgehead atoms. The molecule has 88 valence electrons. The Hall–Kier alpha value is -1.97. The van der Waals surface area contributed by atoms with Gasteiger partial charge in [0.05, 0.1) is 5.69 Å². The lowest BCUT2D eigenvalue weighted by atomic mass is 9.99. The van der Waals surface area contributed by atoms with Crippen molar-refractivity contribution < 1.29 is 4.39 Å². The lowest BCUT2D eigenvalue weighted by Crippen LogP contribution is -2.03. The first-order valence-electron chi connectivity index (χ1n) is 5.37. The average Bonchev–Trinajstić information content (AvgIpc) is 2.31. The lowest BCUT2D eigenvalue weighted by molar-refractivity contribution is 0.619. The number of hydrogen-bond acceptors (Lipinski definition) is 3. The molecule has 0 aliphatic carbocycles. The van der Waals surface area contributed by atoms with Crippen LogP contribution in [0.3, 0.4) is 0 Å². The molecule has 0 fully saturated rings. The predicted molar refractivity (Wildman–Crippen MR) is 66.0 cm³/mol. The smallest absolute Gasteiger partial charge is 0.149 e. The van der Waals surface area contributed by atoms with E-state index in [1.807, 2.05) is 19.9 Å². The molecule has 0 saturated carbocycles.